The highest BCUT2D eigenvalue weighted by Crippen LogP contribution is 2.17. The molecule has 0 bridgehead atoms. The third-order valence-corrected chi connectivity index (χ3v) is 4.85. The van der Waals surface area contributed by atoms with E-state index in [-0.39, 0.29) is 11.7 Å². The molecule has 1 fully saturated rings. The standard InChI is InChI=1S/C20H26FN3O/c1-15-18(13-16-7-8-17(21)14-19(16)23-15)20(25)22-9-6-12-24-10-4-2-3-5-11-24/h7-8,13-14H,2-6,9-12H2,1H3,(H,22,25). The molecule has 0 radical (unpaired) electrons. The third-order valence-electron chi connectivity index (χ3n) is 4.85. The number of aryl methyl sites for hydroxylation is 1. The molecule has 1 aromatic carbocycles. The number of nitrogens with zero attached hydrogens (tertiary/aromatic N) is 2. The fourth-order valence-electron chi connectivity index (χ4n) is 3.43. The van der Waals surface area contributed by atoms with Crippen LogP contribution in [0.15, 0.2) is 24.3 Å². The van der Waals surface area contributed by atoms with Crippen LogP contribution in [0.25, 0.3) is 10.9 Å². The zero-order valence-electron chi connectivity index (χ0n) is 14.9. The Hall–Kier alpha value is -2.01. The van der Waals surface area contributed by atoms with Crippen molar-refractivity contribution in [1.29, 1.82) is 0 Å². The molecule has 0 spiro atoms. The van der Waals surface area contributed by atoms with E-state index in [0.29, 0.717) is 23.3 Å². The lowest BCUT2D eigenvalue weighted by molar-refractivity contribution is 0.0951. The van der Waals surface area contributed by atoms with Crippen LogP contribution in [0.1, 0.15) is 48.2 Å². The average molecular weight is 343 g/mol. The predicted octanol–water partition coefficient (Wildman–Crippen LogP) is 3.68. The Labute approximate surface area is 148 Å². The number of fused-ring (bicyclic) bond motifs is 1. The van der Waals surface area contributed by atoms with Gasteiger partial charge in [0.25, 0.3) is 5.91 Å². The molecule has 0 unspecified atom stereocenters. The Morgan fingerprint density at radius 1 is 1.20 bits per heavy atom. The lowest BCUT2D eigenvalue weighted by Crippen LogP contribution is -2.31. The van der Waals surface area contributed by atoms with E-state index in [1.165, 1.54) is 50.9 Å². The van der Waals surface area contributed by atoms with Crippen molar-refractivity contribution in [2.24, 2.45) is 0 Å². The van der Waals surface area contributed by atoms with Crippen LogP contribution >= 0.6 is 0 Å². The van der Waals surface area contributed by atoms with Crippen molar-refractivity contribution in [1.82, 2.24) is 15.2 Å². The highest BCUT2D eigenvalue weighted by molar-refractivity contribution is 5.98. The largest absolute Gasteiger partial charge is 0.352 e. The summed E-state index contributed by atoms with van der Waals surface area (Å²) in [5, 5.41) is 3.77. The average Bonchev–Trinajstić information content (AvgIpc) is 2.86. The Balaban J connectivity index is 1.55. The second kappa shape index (κ2) is 8.39. The van der Waals surface area contributed by atoms with E-state index in [4.69, 9.17) is 0 Å². The molecule has 5 heteroatoms. The second-order valence-electron chi connectivity index (χ2n) is 6.82. The first-order valence-corrected chi connectivity index (χ1v) is 9.21. The molecular formula is C20H26FN3O. The monoisotopic (exact) mass is 343 g/mol. The van der Waals surface area contributed by atoms with E-state index in [1.54, 1.807) is 19.1 Å². The fourth-order valence-corrected chi connectivity index (χ4v) is 3.43. The molecule has 1 saturated heterocycles. The first-order chi connectivity index (χ1) is 12.1. The van der Waals surface area contributed by atoms with Crippen LogP contribution in [0, 0.1) is 12.7 Å². The van der Waals surface area contributed by atoms with Gasteiger partial charge in [0, 0.05) is 18.0 Å². The van der Waals surface area contributed by atoms with Crippen molar-refractivity contribution in [2.75, 3.05) is 26.2 Å². The summed E-state index contributed by atoms with van der Waals surface area (Å²) in [6.07, 6.45) is 6.21. The van der Waals surface area contributed by atoms with Gasteiger partial charge in [0.15, 0.2) is 0 Å². The second-order valence-corrected chi connectivity index (χ2v) is 6.82. The number of benzene rings is 1. The fraction of sp³-hybridized carbons (Fsp3) is 0.500. The summed E-state index contributed by atoms with van der Waals surface area (Å²) in [6.45, 7) is 5.84. The molecule has 1 N–H and O–H groups in total. The maximum Gasteiger partial charge on any atom is 0.253 e. The van der Waals surface area contributed by atoms with E-state index in [1.807, 2.05) is 0 Å². The number of pyridine rings is 1. The van der Waals surface area contributed by atoms with Crippen LogP contribution in [0.4, 0.5) is 4.39 Å². The van der Waals surface area contributed by atoms with Crippen LogP contribution in [-0.2, 0) is 0 Å². The van der Waals surface area contributed by atoms with Crippen molar-refractivity contribution in [3.05, 3.63) is 41.3 Å². The molecule has 134 valence electrons. The zero-order valence-corrected chi connectivity index (χ0v) is 14.9. The van der Waals surface area contributed by atoms with E-state index in [0.717, 1.165) is 18.4 Å². The summed E-state index contributed by atoms with van der Waals surface area (Å²) >= 11 is 0. The topological polar surface area (TPSA) is 45.2 Å². The molecule has 1 aromatic heterocycles. The summed E-state index contributed by atoms with van der Waals surface area (Å²) < 4.78 is 13.3. The molecule has 2 aromatic rings. The van der Waals surface area contributed by atoms with Gasteiger partial charge in [-0.25, -0.2) is 4.39 Å². The van der Waals surface area contributed by atoms with Crippen LogP contribution in [-0.4, -0.2) is 42.0 Å². The number of aromatic nitrogens is 1. The van der Waals surface area contributed by atoms with Crippen LogP contribution in [0.2, 0.25) is 0 Å². The summed E-state index contributed by atoms with van der Waals surface area (Å²) in [6, 6.07) is 6.24. The predicted molar refractivity (Wildman–Crippen MR) is 98.3 cm³/mol. The molecule has 0 atom stereocenters. The lowest BCUT2D eigenvalue weighted by atomic mass is 10.1. The van der Waals surface area contributed by atoms with Crippen molar-refractivity contribution in [3.8, 4) is 0 Å². The highest BCUT2D eigenvalue weighted by atomic mass is 19.1. The number of rotatable bonds is 5. The molecule has 0 saturated carbocycles. The van der Waals surface area contributed by atoms with Crippen molar-refractivity contribution in [3.63, 3.8) is 0 Å². The minimum Gasteiger partial charge on any atom is -0.352 e. The van der Waals surface area contributed by atoms with E-state index < -0.39 is 0 Å². The Morgan fingerprint density at radius 3 is 2.72 bits per heavy atom. The number of carbonyl (C=O) groups excluding carboxylic acids is 1. The first-order valence-electron chi connectivity index (χ1n) is 9.21. The molecular weight excluding hydrogens is 317 g/mol. The van der Waals surface area contributed by atoms with Crippen molar-refractivity contribution >= 4 is 16.8 Å². The number of amides is 1. The molecule has 25 heavy (non-hydrogen) atoms. The van der Waals surface area contributed by atoms with E-state index in [9.17, 15) is 9.18 Å². The maximum atomic E-state index is 13.3. The van der Waals surface area contributed by atoms with Gasteiger partial charge >= 0.3 is 0 Å². The van der Waals surface area contributed by atoms with Crippen molar-refractivity contribution in [2.45, 2.75) is 39.0 Å². The summed E-state index contributed by atoms with van der Waals surface area (Å²) in [5.74, 6) is -0.419. The molecule has 4 nitrogen and oxygen atoms in total. The lowest BCUT2D eigenvalue weighted by Gasteiger charge is -2.19. The van der Waals surface area contributed by atoms with Gasteiger partial charge in [-0.1, -0.05) is 12.8 Å². The zero-order chi connectivity index (χ0) is 17.6. The minimum absolute atomic E-state index is 0.105. The smallest absolute Gasteiger partial charge is 0.253 e. The quantitative estimate of drug-likeness (QED) is 0.843. The summed E-state index contributed by atoms with van der Waals surface area (Å²) in [7, 11) is 0. The summed E-state index contributed by atoms with van der Waals surface area (Å²) in [5.41, 5.74) is 1.77. The number of likely N-dealkylation sites (tertiary alicyclic amines) is 1. The Morgan fingerprint density at radius 2 is 1.96 bits per heavy atom. The van der Waals surface area contributed by atoms with Gasteiger partial charge < -0.3 is 10.2 Å². The van der Waals surface area contributed by atoms with Gasteiger partial charge in [-0.05, 0) is 64.0 Å². The molecule has 2 heterocycles. The molecule has 1 aliphatic rings. The maximum absolute atomic E-state index is 13.3. The van der Waals surface area contributed by atoms with Crippen LogP contribution in [0.3, 0.4) is 0 Å². The highest BCUT2D eigenvalue weighted by Gasteiger charge is 2.12. The Kier molecular flexibility index (Phi) is 5.97. The molecule has 1 amide bonds. The normalized spacial score (nSPS) is 15.9. The van der Waals surface area contributed by atoms with Gasteiger partial charge in [0.05, 0.1) is 16.8 Å². The first kappa shape index (κ1) is 17.8. The Bertz CT molecular complexity index is 739. The number of hydrogen-bond acceptors (Lipinski definition) is 3. The van der Waals surface area contributed by atoms with E-state index >= 15 is 0 Å². The van der Waals surface area contributed by atoms with Gasteiger partial charge in [-0.3, -0.25) is 9.78 Å². The molecule has 1 aliphatic heterocycles. The number of halogens is 1. The summed E-state index contributed by atoms with van der Waals surface area (Å²) in [4.78, 5) is 19.3. The number of carbonyl (C=O) groups is 1. The van der Waals surface area contributed by atoms with E-state index in [2.05, 4.69) is 15.2 Å². The third kappa shape index (κ3) is 4.75. The van der Waals surface area contributed by atoms with Gasteiger partial charge in [0.1, 0.15) is 5.82 Å². The number of hydrogen-bond donors (Lipinski definition) is 1. The van der Waals surface area contributed by atoms with Crippen molar-refractivity contribution < 1.29 is 9.18 Å². The van der Waals surface area contributed by atoms with Gasteiger partial charge in [-0.2, -0.15) is 0 Å². The van der Waals surface area contributed by atoms with Crippen LogP contribution < -0.4 is 5.32 Å². The molecule has 0 aliphatic carbocycles. The van der Waals surface area contributed by atoms with Gasteiger partial charge in [-0.15, -0.1) is 0 Å². The minimum atomic E-state index is -0.315. The van der Waals surface area contributed by atoms with Gasteiger partial charge in [0.2, 0.25) is 0 Å². The SMILES string of the molecule is Cc1nc2cc(F)ccc2cc1C(=O)NCCCN1CCCCCC1. The van der Waals surface area contributed by atoms with Crippen LogP contribution in [0.5, 0.6) is 0 Å². The number of nitrogens with one attached hydrogen (secondary N) is 1. The molecule has 3 rings (SSSR count).